The monoisotopic (exact) mass is 734 g/mol. The summed E-state index contributed by atoms with van der Waals surface area (Å²) < 4.78 is 6.88. The predicted molar refractivity (Wildman–Crippen MR) is 227 cm³/mol. The number of hydrogen-bond acceptors (Lipinski definition) is 1. The van der Waals surface area contributed by atoms with Crippen LogP contribution in [0.5, 0.6) is 0 Å². The molecule has 0 aliphatic carbocycles. The number of aryl methyl sites for hydroxylation is 6. The van der Waals surface area contributed by atoms with Gasteiger partial charge in [-0.2, -0.15) is 0 Å². The molecule has 6 aromatic rings. The topological polar surface area (TPSA) is 42.3 Å². The van der Waals surface area contributed by atoms with E-state index in [0.29, 0.717) is 0 Å². The first-order valence-corrected chi connectivity index (χ1v) is 20.3. The standard InChI is InChI=1S/C48H55N4OP/c1-35-11-23-41(24-12-35)47(42-25-13-36(2)14-26-42,43-27-15-37(3)16-28-43)52(54(49-53,50(7)8)51(9)10)48(44-29-17-38(4)18-30-44,45-31-19-39(5)20-32-45)46-33-21-40(6)22-34-46/h11-34,53H,1-10H3. The largest absolute Gasteiger partial charge is 0.265 e. The second-order valence-electron chi connectivity index (χ2n) is 15.2. The maximum absolute atomic E-state index is 12.1. The summed E-state index contributed by atoms with van der Waals surface area (Å²) in [5.41, 5.74) is 11.3. The molecule has 6 aromatic carbocycles. The van der Waals surface area contributed by atoms with Gasteiger partial charge in [0.15, 0.2) is 7.51 Å². The van der Waals surface area contributed by atoms with Gasteiger partial charge in [-0.1, -0.05) is 179 Å². The first-order chi connectivity index (χ1) is 25.8. The molecule has 0 amide bonds. The third-order valence-corrected chi connectivity index (χ3v) is 14.4. The quantitative estimate of drug-likeness (QED) is 0.0818. The van der Waals surface area contributed by atoms with E-state index >= 15 is 0 Å². The summed E-state index contributed by atoms with van der Waals surface area (Å²) >= 11 is 0. The van der Waals surface area contributed by atoms with Gasteiger partial charge in [0.1, 0.15) is 11.1 Å². The highest BCUT2D eigenvalue weighted by Crippen LogP contribution is 2.70. The number of rotatable bonds is 11. The molecule has 278 valence electrons. The summed E-state index contributed by atoms with van der Waals surface area (Å²) in [5, 5.41) is 12.1. The van der Waals surface area contributed by atoms with Crippen molar-refractivity contribution in [3.05, 3.63) is 212 Å². The van der Waals surface area contributed by atoms with Crippen LogP contribution in [0.2, 0.25) is 0 Å². The smallest absolute Gasteiger partial charge is 0.199 e. The Balaban J connectivity index is 2.04. The van der Waals surface area contributed by atoms with Crippen LogP contribution in [0.4, 0.5) is 0 Å². The molecule has 0 aromatic heterocycles. The molecule has 0 fully saturated rings. The predicted octanol–water partition coefficient (Wildman–Crippen LogP) is 11.6. The zero-order chi connectivity index (χ0) is 38.8. The van der Waals surface area contributed by atoms with Crippen LogP contribution in [-0.2, 0) is 11.1 Å². The van der Waals surface area contributed by atoms with Crippen molar-refractivity contribution < 1.29 is 5.21 Å². The van der Waals surface area contributed by atoms with E-state index < -0.39 is 18.6 Å². The maximum Gasteiger partial charge on any atom is 0.199 e. The van der Waals surface area contributed by atoms with E-state index in [1.807, 2.05) is 0 Å². The molecule has 0 bridgehead atoms. The molecule has 0 aliphatic heterocycles. The second kappa shape index (κ2) is 15.6. The summed E-state index contributed by atoms with van der Waals surface area (Å²) in [7, 11) is 4.84. The molecule has 0 saturated carbocycles. The highest BCUT2D eigenvalue weighted by atomic mass is 31.2. The lowest BCUT2D eigenvalue weighted by molar-refractivity contribution is 0.152. The number of hydrogen-bond donors (Lipinski definition) is 1. The van der Waals surface area contributed by atoms with Crippen molar-refractivity contribution in [3.8, 4) is 0 Å². The van der Waals surface area contributed by atoms with Gasteiger partial charge in [0, 0.05) is 0 Å². The normalized spacial score (nSPS) is 12.5. The average Bonchev–Trinajstić information content (AvgIpc) is 3.16. The molecular weight excluding hydrogens is 680 g/mol. The molecule has 0 aliphatic rings. The Bertz CT molecular complexity index is 1840. The minimum Gasteiger partial charge on any atom is -0.265 e. The van der Waals surface area contributed by atoms with Crippen molar-refractivity contribution >= 4 is 7.51 Å². The lowest BCUT2D eigenvalue weighted by Crippen LogP contribution is -2.60. The van der Waals surface area contributed by atoms with Crippen LogP contribution < -0.4 is 0 Å². The highest BCUT2D eigenvalue weighted by molar-refractivity contribution is 7.59. The van der Waals surface area contributed by atoms with E-state index in [0.717, 1.165) is 33.4 Å². The van der Waals surface area contributed by atoms with E-state index in [-0.39, 0.29) is 0 Å². The van der Waals surface area contributed by atoms with Crippen molar-refractivity contribution in [2.24, 2.45) is 4.91 Å². The molecule has 6 rings (SSSR count). The molecule has 0 radical (unpaired) electrons. The minimum absolute atomic E-state index is 1.05. The molecule has 5 nitrogen and oxygen atoms in total. The molecule has 0 spiro atoms. The molecule has 1 N–H and O–H groups in total. The van der Waals surface area contributed by atoms with Crippen LogP contribution >= 0.6 is 7.51 Å². The molecule has 0 unspecified atom stereocenters. The SMILES string of the molecule is Cc1ccc(C(c2ccc(C)cc2)(c2ccc(C)cc2)N(C(c2ccc(C)cc2)(c2ccc(C)cc2)c2ccc(C)cc2)P(=NO)(N(C)C)N(C)C)cc1. The Hall–Kier alpha value is -4.61. The van der Waals surface area contributed by atoms with Crippen LogP contribution in [0.25, 0.3) is 0 Å². The fourth-order valence-corrected chi connectivity index (χ4v) is 11.4. The van der Waals surface area contributed by atoms with Gasteiger partial charge in [0.2, 0.25) is 0 Å². The van der Waals surface area contributed by atoms with Crippen molar-refractivity contribution in [1.82, 2.24) is 14.0 Å². The van der Waals surface area contributed by atoms with Gasteiger partial charge in [0.05, 0.1) is 0 Å². The van der Waals surface area contributed by atoms with Gasteiger partial charge in [-0.15, -0.1) is 4.91 Å². The summed E-state index contributed by atoms with van der Waals surface area (Å²) in [4.78, 5) is 4.70. The van der Waals surface area contributed by atoms with Gasteiger partial charge in [0.25, 0.3) is 0 Å². The van der Waals surface area contributed by atoms with Gasteiger partial charge in [-0.05, 0) is 103 Å². The fourth-order valence-electron chi connectivity index (χ4n) is 8.07. The minimum atomic E-state index is -3.36. The van der Waals surface area contributed by atoms with E-state index in [9.17, 15) is 5.21 Å². The van der Waals surface area contributed by atoms with Crippen molar-refractivity contribution in [2.45, 2.75) is 52.6 Å². The van der Waals surface area contributed by atoms with Gasteiger partial charge in [-0.3, -0.25) is 14.5 Å². The van der Waals surface area contributed by atoms with E-state index in [1.165, 1.54) is 33.4 Å². The van der Waals surface area contributed by atoms with Crippen LogP contribution in [0.3, 0.4) is 0 Å². The molecule has 0 saturated heterocycles. The molecule has 54 heavy (non-hydrogen) atoms. The van der Waals surface area contributed by atoms with Crippen LogP contribution in [0.1, 0.15) is 66.8 Å². The Morgan fingerprint density at radius 1 is 0.352 bits per heavy atom. The number of benzene rings is 6. The van der Waals surface area contributed by atoms with Crippen molar-refractivity contribution in [1.29, 1.82) is 0 Å². The third-order valence-electron chi connectivity index (χ3n) is 10.9. The molecule has 0 heterocycles. The van der Waals surface area contributed by atoms with E-state index in [1.54, 1.807) is 0 Å². The Labute approximate surface area is 323 Å². The summed E-state index contributed by atoms with van der Waals surface area (Å²) in [5.74, 6) is 0. The van der Waals surface area contributed by atoms with E-state index in [4.69, 9.17) is 4.91 Å². The van der Waals surface area contributed by atoms with Crippen molar-refractivity contribution in [2.75, 3.05) is 28.2 Å². The maximum atomic E-state index is 12.1. The average molecular weight is 735 g/mol. The Morgan fingerprint density at radius 3 is 0.648 bits per heavy atom. The Kier molecular flexibility index (Phi) is 11.3. The zero-order valence-corrected chi connectivity index (χ0v) is 34.4. The first kappa shape index (κ1) is 39.1. The molecular formula is C48H55N4OP. The highest BCUT2D eigenvalue weighted by Gasteiger charge is 2.61. The summed E-state index contributed by atoms with van der Waals surface area (Å²) in [6, 6.07) is 53.7. The van der Waals surface area contributed by atoms with Crippen molar-refractivity contribution in [3.63, 3.8) is 0 Å². The second-order valence-corrected chi connectivity index (χ2v) is 18.5. The third kappa shape index (κ3) is 6.59. The molecule has 6 heteroatoms. The Morgan fingerprint density at radius 2 is 0.519 bits per heavy atom. The van der Waals surface area contributed by atoms with Crippen LogP contribution in [-0.4, -0.2) is 47.4 Å². The molecule has 0 atom stereocenters. The lowest BCUT2D eigenvalue weighted by Gasteiger charge is -2.61. The lowest BCUT2D eigenvalue weighted by atomic mass is 9.69. The number of nitrogens with zero attached hydrogens (tertiary/aromatic N) is 4. The van der Waals surface area contributed by atoms with Gasteiger partial charge in [-0.25, -0.2) is 4.67 Å². The van der Waals surface area contributed by atoms with E-state index in [2.05, 4.69) is 229 Å². The zero-order valence-electron chi connectivity index (χ0n) is 33.5. The first-order valence-electron chi connectivity index (χ1n) is 18.7. The fraction of sp³-hybridized carbons (Fsp3) is 0.250. The van der Waals surface area contributed by atoms with Crippen LogP contribution in [0.15, 0.2) is 151 Å². The summed E-state index contributed by atoms with van der Waals surface area (Å²) in [6.45, 7) is 12.8. The van der Waals surface area contributed by atoms with Gasteiger partial charge < -0.3 is 0 Å². The van der Waals surface area contributed by atoms with Gasteiger partial charge >= 0.3 is 0 Å². The summed E-state index contributed by atoms with van der Waals surface area (Å²) in [6.07, 6.45) is 0. The van der Waals surface area contributed by atoms with Crippen LogP contribution in [0, 0.1) is 41.5 Å².